The molecule has 2 rings (SSSR count). The molecule has 1 aliphatic carbocycles. The number of benzene rings is 1. The Morgan fingerprint density at radius 3 is 2.50 bits per heavy atom. The molecule has 2 atom stereocenters. The lowest BCUT2D eigenvalue weighted by molar-refractivity contribution is -0.124. The maximum atomic E-state index is 12.0. The van der Waals surface area contributed by atoms with Crippen LogP contribution in [0.1, 0.15) is 31.9 Å². The lowest BCUT2D eigenvalue weighted by atomic mass is 10.1. The Hall–Kier alpha value is -1.06. The molecule has 0 aromatic heterocycles. The molecule has 0 bridgehead atoms. The number of hydrogen-bond donors (Lipinski definition) is 2. The molecule has 1 aliphatic rings. The van der Waals surface area contributed by atoms with Crippen molar-refractivity contribution >= 4 is 17.5 Å². The summed E-state index contributed by atoms with van der Waals surface area (Å²) in [5.41, 5.74) is 0.970. The van der Waals surface area contributed by atoms with Crippen molar-refractivity contribution in [2.24, 2.45) is 11.3 Å². The maximum Gasteiger partial charge on any atom is 0.224 e. The van der Waals surface area contributed by atoms with E-state index in [1.54, 1.807) is 12.1 Å². The largest absolute Gasteiger partial charge is 0.394 e. The topological polar surface area (TPSA) is 49.3 Å². The van der Waals surface area contributed by atoms with Crippen LogP contribution in [0.25, 0.3) is 0 Å². The fourth-order valence-electron chi connectivity index (χ4n) is 2.12. The first kappa shape index (κ1) is 13.4. The van der Waals surface area contributed by atoms with Crippen LogP contribution in [0.15, 0.2) is 24.3 Å². The molecule has 0 aliphatic heterocycles. The molecule has 1 aromatic rings. The SMILES string of the molecule is CC1(C)CC1C(=O)NC(CO)c1ccc(Cl)cc1. The van der Waals surface area contributed by atoms with Gasteiger partial charge in [-0.1, -0.05) is 37.6 Å². The molecule has 2 N–H and O–H groups in total. The Balaban J connectivity index is 2.02. The molecule has 1 aromatic carbocycles. The molecule has 0 saturated heterocycles. The lowest BCUT2D eigenvalue weighted by Gasteiger charge is -2.17. The smallest absolute Gasteiger partial charge is 0.224 e. The quantitative estimate of drug-likeness (QED) is 0.881. The number of aliphatic hydroxyl groups excluding tert-OH is 1. The van der Waals surface area contributed by atoms with Gasteiger partial charge in [0.2, 0.25) is 5.91 Å². The van der Waals surface area contributed by atoms with Gasteiger partial charge in [0, 0.05) is 10.9 Å². The van der Waals surface area contributed by atoms with Crippen LogP contribution < -0.4 is 5.32 Å². The summed E-state index contributed by atoms with van der Waals surface area (Å²) in [5.74, 6) is 0.0906. The van der Waals surface area contributed by atoms with E-state index in [0.717, 1.165) is 12.0 Å². The predicted molar refractivity (Wildman–Crippen MR) is 71.3 cm³/mol. The minimum atomic E-state index is -0.355. The van der Waals surface area contributed by atoms with Gasteiger partial charge in [0.1, 0.15) is 0 Å². The van der Waals surface area contributed by atoms with E-state index in [-0.39, 0.29) is 29.9 Å². The number of amides is 1. The number of nitrogens with one attached hydrogen (secondary N) is 1. The Bertz CT molecular complexity index is 442. The van der Waals surface area contributed by atoms with Crippen molar-refractivity contribution in [1.82, 2.24) is 5.32 Å². The minimum Gasteiger partial charge on any atom is -0.394 e. The van der Waals surface area contributed by atoms with E-state index in [0.29, 0.717) is 5.02 Å². The first-order valence-corrected chi connectivity index (χ1v) is 6.48. The second-order valence-electron chi connectivity index (χ2n) is 5.54. The Labute approximate surface area is 112 Å². The monoisotopic (exact) mass is 267 g/mol. The second kappa shape index (κ2) is 4.90. The molecule has 0 radical (unpaired) electrons. The minimum absolute atomic E-state index is 0.0222. The first-order valence-electron chi connectivity index (χ1n) is 6.11. The standard InChI is InChI=1S/C14H18ClNO2/c1-14(2)7-11(14)13(18)16-12(8-17)9-3-5-10(15)6-4-9/h3-6,11-12,17H,7-8H2,1-2H3,(H,16,18). The highest BCUT2D eigenvalue weighted by atomic mass is 35.5. The fourth-order valence-corrected chi connectivity index (χ4v) is 2.24. The summed E-state index contributed by atoms with van der Waals surface area (Å²) in [7, 11) is 0. The maximum absolute atomic E-state index is 12.0. The molecule has 4 heteroatoms. The highest BCUT2D eigenvalue weighted by molar-refractivity contribution is 6.30. The molecule has 18 heavy (non-hydrogen) atoms. The average Bonchev–Trinajstić information content (AvgIpc) is 2.97. The molecule has 98 valence electrons. The van der Waals surface area contributed by atoms with Crippen molar-refractivity contribution in [3.05, 3.63) is 34.9 Å². The summed E-state index contributed by atoms with van der Waals surface area (Å²) >= 11 is 5.81. The molecule has 2 unspecified atom stereocenters. The predicted octanol–water partition coefficient (Wildman–Crippen LogP) is 2.54. The highest BCUT2D eigenvalue weighted by Gasteiger charge is 2.50. The van der Waals surface area contributed by atoms with Gasteiger partial charge in [-0.2, -0.15) is 0 Å². The summed E-state index contributed by atoms with van der Waals surface area (Å²) in [5, 5.41) is 12.9. The summed E-state index contributed by atoms with van der Waals surface area (Å²) in [6.45, 7) is 4.04. The van der Waals surface area contributed by atoms with Crippen LogP contribution in [-0.2, 0) is 4.79 Å². The van der Waals surface area contributed by atoms with Crippen molar-refractivity contribution in [1.29, 1.82) is 0 Å². The van der Waals surface area contributed by atoms with Crippen LogP contribution in [-0.4, -0.2) is 17.6 Å². The first-order chi connectivity index (χ1) is 8.44. The molecule has 0 spiro atoms. The van der Waals surface area contributed by atoms with Gasteiger partial charge in [0.05, 0.1) is 12.6 Å². The average molecular weight is 268 g/mol. The summed E-state index contributed by atoms with van der Waals surface area (Å²) in [4.78, 5) is 12.0. The van der Waals surface area contributed by atoms with Crippen LogP contribution >= 0.6 is 11.6 Å². The third-order valence-electron chi connectivity index (χ3n) is 3.60. The second-order valence-corrected chi connectivity index (χ2v) is 5.98. The summed E-state index contributed by atoms with van der Waals surface area (Å²) < 4.78 is 0. The van der Waals surface area contributed by atoms with Crippen LogP contribution in [0.2, 0.25) is 5.02 Å². The van der Waals surface area contributed by atoms with E-state index in [1.165, 1.54) is 0 Å². The number of carbonyl (C=O) groups is 1. The number of rotatable bonds is 4. The van der Waals surface area contributed by atoms with Crippen molar-refractivity contribution in [3.63, 3.8) is 0 Å². The van der Waals surface area contributed by atoms with Crippen molar-refractivity contribution < 1.29 is 9.90 Å². The Kier molecular flexibility index (Phi) is 3.64. The van der Waals surface area contributed by atoms with E-state index >= 15 is 0 Å². The van der Waals surface area contributed by atoms with Gasteiger partial charge in [-0.25, -0.2) is 0 Å². The van der Waals surface area contributed by atoms with Crippen molar-refractivity contribution in [2.45, 2.75) is 26.3 Å². The molecule has 1 fully saturated rings. The molecular weight excluding hydrogens is 250 g/mol. The van der Waals surface area contributed by atoms with E-state index in [9.17, 15) is 9.90 Å². The number of hydrogen-bond acceptors (Lipinski definition) is 2. The van der Waals surface area contributed by atoms with Gasteiger partial charge in [0.15, 0.2) is 0 Å². The third kappa shape index (κ3) is 2.85. The van der Waals surface area contributed by atoms with Crippen LogP contribution in [0, 0.1) is 11.3 Å². The zero-order valence-corrected chi connectivity index (χ0v) is 11.4. The summed E-state index contributed by atoms with van der Waals surface area (Å²) in [6.07, 6.45) is 0.914. The highest BCUT2D eigenvalue weighted by Crippen LogP contribution is 2.51. The van der Waals surface area contributed by atoms with Gasteiger partial charge >= 0.3 is 0 Å². The fraction of sp³-hybridized carbons (Fsp3) is 0.500. The number of aliphatic hydroxyl groups is 1. The molecule has 1 saturated carbocycles. The van der Waals surface area contributed by atoms with Gasteiger partial charge in [-0.05, 0) is 29.5 Å². The van der Waals surface area contributed by atoms with E-state index in [2.05, 4.69) is 19.2 Å². The Morgan fingerprint density at radius 1 is 1.50 bits per heavy atom. The van der Waals surface area contributed by atoms with Crippen LogP contribution in [0.4, 0.5) is 0 Å². The zero-order chi connectivity index (χ0) is 13.3. The van der Waals surface area contributed by atoms with E-state index in [4.69, 9.17) is 11.6 Å². The van der Waals surface area contributed by atoms with Gasteiger partial charge in [-0.15, -0.1) is 0 Å². The normalized spacial score (nSPS) is 22.3. The summed E-state index contributed by atoms with van der Waals surface area (Å²) in [6, 6.07) is 6.80. The number of carbonyl (C=O) groups excluding carboxylic acids is 1. The van der Waals surface area contributed by atoms with Crippen LogP contribution in [0.5, 0.6) is 0 Å². The van der Waals surface area contributed by atoms with Gasteiger partial charge < -0.3 is 10.4 Å². The van der Waals surface area contributed by atoms with Gasteiger partial charge in [0.25, 0.3) is 0 Å². The lowest BCUT2D eigenvalue weighted by Crippen LogP contribution is -2.32. The zero-order valence-electron chi connectivity index (χ0n) is 10.6. The van der Waals surface area contributed by atoms with E-state index < -0.39 is 0 Å². The number of halogens is 1. The molecule has 0 heterocycles. The van der Waals surface area contributed by atoms with Crippen molar-refractivity contribution in [2.75, 3.05) is 6.61 Å². The molecule has 3 nitrogen and oxygen atoms in total. The molecule has 1 amide bonds. The Morgan fingerprint density at radius 2 is 2.06 bits per heavy atom. The van der Waals surface area contributed by atoms with Gasteiger partial charge in [-0.3, -0.25) is 4.79 Å². The van der Waals surface area contributed by atoms with Crippen molar-refractivity contribution in [3.8, 4) is 0 Å². The molecular formula is C14H18ClNO2. The van der Waals surface area contributed by atoms with E-state index in [1.807, 2.05) is 12.1 Å². The van der Waals surface area contributed by atoms with Crippen LogP contribution in [0.3, 0.4) is 0 Å². The third-order valence-corrected chi connectivity index (χ3v) is 3.85.